The largest absolute Gasteiger partial charge is 0.337 e. The summed E-state index contributed by atoms with van der Waals surface area (Å²) in [5, 5.41) is 3.05. The normalized spacial score (nSPS) is 12.7. The van der Waals surface area contributed by atoms with Gasteiger partial charge in [0, 0.05) is 12.7 Å². The molecule has 0 amide bonds. The van der Waals surface area contributed by atoms with Crippen LogP contribution in [0.3, 0.4) is 0 Å². The highest BCUT2D eigenvalue weighted by atomic mass is 19.2. The Bertz CT molecular complexity index is 537. The molecule has 0 radical (unpaired) electrons. The van der Waals surface area contributed by atoms with Crippen molar-refractivity contribution in [1.82, 2.24) is 14.9 Å². The summed E-state index contributed by atoms with van der Waals surface area (Å²) in [6.45, 7) is 2.83. The topological polar surface area (TPSA) is 29.9 Å². The Morgan fingerprint density at radius 2 is 2.11 bits per heavy atom. The zero-order chi connectivity index (χ0) is 13.1. The minimum Gasteiger partial charge on any atom is -0.337 e. The Kier molecular flexibility index (Phi) is 3.72. The number of hydrogen-bond acceptors (Lipinski definition) is 2. The fourth-order valence-electron chi connectivity index (χ4n) is 1.88. The molecule has 1 aromatic heterocycles. The lowest BCUT2D eigenvalue weighted by Gasteiger charge is -2.14. The lowest BCUT2D eigenvalue weighted by Crippen LogP contribution is -2.18. The molecule has 5 heteroatoms. The minimum atomic E-state index is -0.845. The SMILES string of the molecule is CCn1cnc(C(NC)c2ccc(F)c(F)c2)c1. The lowest BCUT2D eigenvalue weighted by molar-refractivity contribution is 0.504. The van der Waals surface area contributed by atoms with E-state index in [9.17, 15) is 8.78 Å². The fourth-order valence-corrected chi connectivity index (χ4v) is 1.88. The van der Waals surface area contributed by atoms with Crippen LogP contribution in [0.15, 0.2) is 30.7 Å². The van der Waals surface area contributed by atoms with Crippen LogP contribution >= 0.6 is 0 Å². The molecular weight excluding hydrogens is 236 g/mol. The molecule has 96 valence electrons. The number of nitrogens with zero attached hydrogens (tertiary/aromatic N) is 2. The van der Waals surface area contributed by atoms with E-state index in [1.807, 2.05) is 17.7 Å². The summed E-state index contributed by atoms with van der Waals surface area (Å²) in [7, 11) is 1.76. The van der Waals surface area contributed by atoms with E-state index in [1.165, 1.54) is 6.07 Å². The van der Waals surface area contributed by atoms with Crippen molar-refractivity contribution in [3.63, 3.8) is 0 Å². The van der Waals surface area contributed by atoms with Gasteiger partial charge in [-0.2, -0.15) is 0 Å². The van der Waals surface area contributed by atoms with Gasteiger partial charge in [0.1, 0.15) is 0 Å². The number of aromatic nitrogens is 2. The molecule has 1 aromatic carbocycles. The van der Waals surface area contributed by atoms with Gasteiger partial charge in [-0.1, -0.05) is 6.07 Å². The molecular formula is C13H15F2N3. The highest BCUT2D eigenvalue weighted by Gasteiger charge is 2.16. The van der Waals surface area contributed by atoms with Crippen LogP contribution in [0.5, 0.6) is 0 Å². The summed E-state index contributed by atoms with van der Waals surface area (Å²) in [6.07, 6.45) is 3.61. The molecule has 0 spiro atoms. The number of rotatable bonds is 4. The van der Waals surface area contributed by atoms with Crippen molar-refractivity contribution in [3.8, 4) is 0 Å². The number of aryl methyl sites for hydroxylation is 1. The average Bonchev–Trinajstić information content (AvgIpc) is 2.83. The number of benzene rings is 1. The second-order valence-electron chi connectivity index (χ2n) is 4.02. The quantitative estimate of drug-likeness (QED) is 0.904. The summed E-state index contributed by atoms with van der Waals surface area (Å²) < 4.78 is 28.1. The molecule has 0 aliphatic carbocycles. The van der Waals surface area contributed by atoms with E-state index in [2.05, 4.69) is 10.3 Å². The Morgan fingerprint density at radius 1 is 1.33 bits per heavy atom. The van der Waals surface area contributed by atoms with Crippen molar-refractivity contribution in [3.05, 3.63) is 53.6 Å². The minimum absolute atomic E-state index is 0.243. The van der Waals surface area contributed by atoms with Crippen molar-refractivity contribution in [2.24, 2.45) is 0 Å². The van der Waals surface area contributed by atoms with Gasteiger partial charge in [0.15, 0.2) is 11.6 Å². The van der Waals surface area contributed by atoms with E-state index >= 15 is 0 Å². The van der Waals surface area contributed by atoms with Crippen LogP contribution in [0, 0.1) is 11.6 Å². The first-order valence-corrected chi connectivity index (χ1v) is 5.79. The molecule has 3 nitrogen and oxygen atoms in total. The molecule has 1 N–H and O–H groups in total. The van der Waals surface area contributed by atoms with Crippen LogP contribution in [0.25, 0.3) is 0 Å². The zero-order valence-corrected chi connectivity index (χ0v) is 10.3. The first-order chi connectivity index (χ1) is 8.65. The van der Waals surface area contributed by atoms with Crippen molar-refractivity contribution in [2.45, 2.75) is 19.5 Å². The van der Waals surface area contributed by atoms with Gasteiger partial charge in [0.2, 0.25) is 0 Å². The Morgan fingerprint density at radius 3 is 2.67 bits per heavy atom. The zero-order valence-electron chi connectivity index (χ0n) is 10.3. The molecule has 0 aliphatic heterocycles. The maximum Gasteiger partial charge on any atom is 0.159 e. The molecule has 2 aromatic rings. The predicted octanol–water partition coefficient (Wildman–Crippen LogP) is 2.49. The lowest BCUT2D eigenvalue weighted by atomic mass is 10.0. The van der Waals surface area contributed by atoms with Gasteiger partial charge >= 0.3 is 0 Å². The first-order valence-electron chi connectivity index (χ1n) is 5.79. The van der Waals surface area contributed by atoms with Crippen LogP contribution < -0.4 is 5.32 Å². The Labute approximate surface area is 104 Å². The smallest absolute Gasteiger partial charge is 0.159 e. The third-order valence-corrected chi connectivity index (χ3v) is 2.88. The van der Waals surface area contributed by atoms with Crippen molar-refractivity contribution in [2.75, 3.05) is 7.05 Å². The van der Waals surface area contributed by atoms with Crippen LogP contribution in [-0.2, 0) is 6.54 Å². The molecule has 0 fully saturated rings. The molecule has 0 saturated heterocycles. The van der Waals surface area contributed by atoms with Crippen LogP contribution in [-0.4, -0.2) is 16.6 Å². The molecule has 1 unspecified atom stereocenters. The van der Waals surface area contributed by atoms with E-state index in [-0.39, 0.29) is 6.04 Å². The Hall–Kier alpha value is -1.75. The number of halogens is 2. The second kappa shape index (κ2) is 5.27. The predicted molar refractivity (Wildman–Crippen MR) is 65.2 cm³/mol. The van der Waals surface area contributed by atoms with Crippen LogP contribution in [0.2, 0.25) is 0 Å². The molecule has 18 heavy (non-hydrogen) atoms. The van der Waals surface area contributed by atoms with Gasteiger partial charge in [-0.15, -0.1) is 0 Å². The van der Waals surface area contributed by atoms with Crippen LogP contribution in [0.4, 0.5) is 8.78 Å². The number of imidazole rings is 1. The van der Waals surface area contributed by atoms with Gasteiger partial charge < -0.3 is 9.88 Å². The van der Waals surface area contributed by atoms with Crippen molar-refractivity contribution >= 4 is 0 Å². The highest BCUT2D eigenvalue weighted by molar-refractivity contribution is 5.27. The summed E-state index contributed by atoms with van der Waals surface area (Å²) in [4.78, 5) is 4.27. The molecule has 0 bridgehead atoms. The summed E-state index contributed by atoms with van der Waals surface area (Å²) in [6, 6.07) is 3.64. The second-order valence-corrected chi connectivity index (χ2v) is 4.02. The van der Waals surface area contributed by atoms with E-state index in [0.29, 0.717) is 5.56 Å². The van der Waals surface area contributed by atoms with E-state index in [1.54, 1.807) is 19.4 Å². The van der Waals surface area contributed by atoms with Crippen molar-refractivity contribution in [1.29, 1.82) is 0 Å². The summed E-state index contributed by atoms with van der Waals surface area (Å²) in [5.41, 5.74) is 1.43. The summed E-state index contributed by atoms with van der Waals surface area (Å²) in [5.74, 6) is -1.68. The third kappa shape index (κ3) is 2.41. The van der Waals surface area contributed by atoms with Gasteiger partial charge in [-0.25, -0.2) is 13.8 Å². The molecule has 0 saturated carbocycles. The van der Waals surface area contributed by atoms with Gasteiger partial charge in [0.05, 0.1) is 18.1 Å². The van der Waals surface area contributed by atoms with Gasteiger partial charge in [0.25, 0.3) is 0 Å². The fraction of sp³-hybridized carbons (Fsp3) is 0.308. The number of hydrogen-bond donors (Lipinski definition) is 1. The van der Waals surface area contributed by atoms with Crippen LogP contribution in [0.1, 0.15) is 24.2 Å². The molecule has 2 rings (SSSR count). The highest BCUT2D eigenvalue weighted by Crippen LogP contribution is 2.21. The molecule has 0 aliphatic rings. The van der Waals surface area contributed by atoms with Gasteiger partial charge in [-0.3, -0.25) is 0 Å². The summed E-state index contributed by atoms with van der Waals surface area (Å²) >= 11 is 0. The third-order valence-electron chi connectivity index (χ3n) is 2.88. The maximum absolute atomic E-state index is 13.2. The van der Waals surface area contributed by atoms with E-state index in [4.69, 9.17) is 0 Å². The standard InChI is InChI=1S/C13H15F2N3/c1-3-18-7-12(17-8-18)13(16-2)9-4-5-10(14)11(15)6-9/h4-8,13,16H,3H2,1-2H3. The van der Waals surface area contributed by atoms with E-state index in [0.717, 1.165) is 18.3 Å². The van der Waals surface area contributed by atoms with E-state index < -0.39 is 11.6 Å². The number of nitrogens with one attached hydrogen (secondary N) is 1. The first kappa shape index (κ1) is 12.7. The average molecular weight is 251 g/mol. The Balaban J connectivity index is 2.35. The molecule has 1 heterocycles. The monoisotopic (exact) mass is 251 g/mol. The molecule has 1 atom stereocenters. The maximum atomic E-state index is 13.2. The van der Waals surface area contributed by atoms with Gasteiger partial charge in [-0.05, 0) is 31.7 Å². The van der Waals surface area contributed by atoms with Crippen molar-refractivity contribution < 1.29 is 8.78 Å².